The molecule has 4 N–H and O–H groups in total. The quantitative estimate of drug-likeness (QED) is 0.0628. The van der Waals surface area contributed by atoms with Crippen LogP contribution in [-0.4, -0.2) is 156 Å². The van der Waals surface area contributed by atoms with E-state index in [0.717, 1.165) is 22.1 Å². The van der Waals surface area contributed by atoms with Crippen LogP contribution in [0.1, 0.15) is 80.7 Å². The summed E-state index contributed by atoms with van der Waals surface area (Å²) < 4.78 is 70.8. The predicted molar refractivity (Wildman–Crippen MR) is 267 cm³/mol. The summed E-state index contributed by atoms with van der Waals surface area (Å²) in [6, 6.07) is 15.0. The van der Waals surface area contributed by atoms with E-state index in [9.17, 15) is 37.2 Å². The van der Waals surface area contributed by atoms with Gasteiger partial charge in [0.2, 0.25) is 17.7 Å². The molecule has 19 nitrogen and oxygen atoms in total. The monoisotopic (exact) mass is 1040 g/mol. The van der Waals surface area contributed by atoms with Crippen molar-refractivity contribution < 1.29 is 65.3 Å². The molecule has 3 aromatic carbocycles. The van der Waals surface area contributed by atoms with Crippen LogP contribution in [0.4, 0.5) is 10.2 Å². The van der Waals surface area contributed by atoms with Crippen molar-refractivity contribution in [1.82, 2.24) is 25.4 Å². The predicted octanol–water partition coefficient (Wildman–Crippen LogP) is 3.94. The summed E-state index contributed by atoms with van der Waals surface area (Å²) in [6.07, 6.45) is 4.76. The summed E-state index contributed by atoms with van der Waals surface area (Å²) in [5, 5.41) is 5.03. The first-order valence-corrected chi connectivity index (χ1v) is 26.6. The number of piperidine rings is 2. The number of amides is 6. The third-order valence-corrected chi connectivity index (χ3v) is 15.3. The van der Waals surface area contributed by atoms with E-state index in [0.29, 0.717) is 126 Å². The number of fused-ring (bicyclic) bond motifs is 2. The highest BCUT2D eigenvalue weighted by Crippen LogP contribution is 2.34. The number of nitrogens with two attached hydrogens (primary N) is 1. The van der Waals surface area contributed by atoms with Crippen LogP contribution in [0.3, 0.4) is 0 Å². The van der Waals surface area contributed by atoms with E-state index in [1.165, 1.54) is 18.3 Å². The Kier molecular flexibility index (Phi) is 18.3. The first-order chi connectivity index (χ1) is 35.8. The van der Waals surface area contributed by atoms with Crippen molar-refractivity contribution in [2.45, 2.75) is 62.3 Å². The molecule has 2 unspecified atom stereocenters. The number of sulfone groups is 1. The number of aryl methyl sites for hydroxylation is 1. The van der Waals surface area contributed by atoms with Gasteiger partial charge >= 0.3 is 0 Å². The molecular formula is C53H61FN6O13S. The van der Waals surface area contributed by atoms with Crippen molar-refractivity contribution in [2.24, 2.45) is 5.92 Å². The van der Waals surface area contributed by atoms with Crippen LogP contribution in [0.15, 0.2) is 71.8 Å². The lowest BCUT2D eigenvalue weighted by Crippen LogP contribution is -2.54. The van der Waals surface area contributed by atoms with E-state index < -0.39 is 45.3 Å². The maximum absolute atomic E-state index is 15.7. The molecule has 2 saturated heterocycles. The Balaban J connectivity index is 0.647. The summed E-state index contributed by atoms with van der Waals surface area (Å²) in [6.45, 7) is 4.68. The Morgan fingerprint density at radius 2 is 1.46 bits per heavy atom. The largest absolute Gasteiger partial charge is 0.383 e. The molecule has 0 radical (unpaired) electrons. The van der Waals surface area contributed by atoms with Crippen molar-refractivity contribution in [3.8, 4) is 22.3 Å². The summed E-state index contributed by atoms with van der Waals surface area (Å²) in [5.41, 5.74) is 10.8. The van der Waals surface area contributed by atoms with Gasteiger partial charge in [-0.15, -0.1) is 0 Å². The molecule has 0 spiro atoms. The van der Waals surface area contributed by atoms with Gasteiger partial charge in [-0.25, -0.2) is 17.8 Å². The number of carbonyl (C=O) groups excluding carboxylic acids is 6. The fraction of sp³-hybridized carbons (Fsp3) is 0.453. The molecular weight excluding hydrogens is 980 g/mol. The maximum Gasteiger partial charge on any atom is 0.262 e. The summed E-state index contributed by atoms with van der Waals surface area (Å²) in [5.74, 6) is -3.42. The third-order valence-electron chi connectivity index (χ3n) is 13.4. The standard InChI is InChI=1S/C53H61FN6O13S/c54-44-30-39(9-11-40(44)38-29-43(49(55)57-31-38)36-8-10-41-37(28-36)14-16-56-50(41)63)74(67,68)33-34-4-2-17-59(32-34)47(62)15-19-70-21-23-72-25-27-73-26-24-71-22-20-69-18-3-6-35-5-1-7-42-48(35)53(66)60(52(42)65)45-12-13-46(61)58-51(45)64/h1,5,7-11,28-31,34,45H,2-4,6,12-27,32-33H2,(H2,55,57)(H,56,63)(H,58,61,64). The van der Waals surface area contributed by atoms with E-state index in [4.69, 9.17) is 29.4 Å². The van der Waals surface area contributed by atoms with Crippen LogP contribution < -0.4 is 16.4 Å². The number of benzene rings is 3. The number of imide groups is 2. The third kappa shape index (κ3) is 13.2. The second-order valence-electron chi connectivity index (χ2n) is 18.5. The summed E-state index contributed by atoms with van der Waals surface area (Å²) >= 11 is 0. The van der Waals surface area contributed by atoms with Crippen LogP contribution in [0.2, 0.25) is 0 Å². The molecule has 0 aliphatic carbocycles. The fourth-order valence-electron chi connectivity index (χ4n) is 9.66. The van der Waals surface area contributed by atoms with Gasteiger partial charge < -0.3 is 39.6 Å². The van der Waals surface area contributed by atoms with Gasteiger partial charge in [0.15, 0.2) is 9.84 Å². The zero-order valence-corrected chi connectivity index (χ0v) is 41.9. The van der Waals surface area contributed by atoms with Gasteiger partial charge in [-0.3, -0.25) is 39.0 Å². The Morgan fingerprint density at radius 1 is 0.757 bits per heavy atom. The molecule has 8 rings (SSSR count). The Bertz CT molecular complexity index is 2870. The number of nitrogens with one attached hydrogen (secondary N) is 2. The van der Waals surface area contributed by atoms with Crippen molar-refractivity contribution in [3.05, 3.63) is 100 Å². The average molecular weight is 1040 g/mol. The maximum atomic E-state index is 15.7. The van der Waals surface area contributed by atoms with E-state index in [-0.39, 0.29) is 84.3 Å². The minimum atomic E-state index is -3.89. The molecule has 2 atom stereocenters. The number of nitrogens with zero attached hydrogens (tertiary/aromatic N) is 3. The number of halogens is 1. The van der Waals surface area contributed by atoms with Gasteiger partial charge in [0.05, 0.1) is 87.7 Å². The number of anilines is 1. The molecule has 1 aromatic heterocycles. The minimum Gasteiger partial charge on any atom is -0.383 e. The van der Waals surface area contributed by atoms with Gasteiger partial charge in [0, 0.05) is 61.1 Å². The number of pyridine rings is 1. The smallest absolute Gasteiger partial charge is 0.262 e. The number of rotatable bonds is 25. The first-order valence-electron chi connectivity index (χ1n) is 25.0. The van der Waals surface area contributed by atoms with Crippen molar-refractivity contribution in [2.75, 3.05) is 97.2 Å². The number of carbonyl (C=O) groups is 6. The molecule has 4 aliphatic rings. The topological polar surface area (TPSA) is 252 Å². The molecule has 21 heteroatoms. The number of aromatic nitrogens is 1. The van der Waals surface area contributed by atoms with Crippen LogP contribution >= 0.6 is 0 Å². The zero-order chi connectivity index (χ0) is 52.2. The second-order valence-corrected chi connectivity index (χ2v) is 20.5. The molecule has 0 saturated carbocycles. The van der Waals surface area contributed by atoms with Crippen molar-refractivity contribution in [1.29, 1.82) is 0 Å². The van der Waals surface area contributed by atoms with Crippen molar-refractivity contribution in [3.63, 3.8) is 0 Å². The lowest BCUT2D eigenvalue weighted by molar-refractivity contribution is -0.136. The van der Waals surface area contributed by atoms with Crippen LogP contribution in [0.5, 0.6) is 0 Å². The Hall–Kier alpha value is -6.49. The number of ether oxygens (including phenoxy) is 5. The Morgan fingerprint density at radius 3 is 2.18 bits per heavy atom. The molecule has 5 heterocycles. The normalized spacial score (nSPS) is 17.8. The van der Waals surface area contributed by atoms with Crippen molar-refractivity contribution >= 4 is 51.1 Å². The van der Waals surface area contributed by atoms with Gasteiger partial charge in [0.1, 0.15) is 17.7 Å². The van der Waals surface area contributed by atoms with Gasteiger partial charge in [-0.05, 0) is 91.5 Å². The second kappa shape index (κ2) is 25.2. The lowest BCUT2D eigenvalue weighted by Gasteiger charge is -2.32. The highest BCUT2D eigenvalue weighted by atomic mass is 32.2. The average Bonchev–Trinajstić information content (AvgIpc) is 3.64. The fourth-order valence-corrected chi connectivity index (χ4v) is 11.3. The van der Waals surface area contributed by atoms with E-state index in [1.807, 2.05) is 6.07 Å². The van der Waals surface area contributed by atoms with E-state index in [1.54, 1.807) is 41.3 Å². The summed E-state index contributed by atoms with van der Waals surface area (Å²) in [4.78, 5) is 82.3. The highest BCUT2D eigenvalue weighted by molar-refractivity contribution is 7.91. The minimum absolute atomic E-state index is 0.0593. The Labute approximate surface area is 428 Å². The SMILES string of the molecule is Nc1ncc(-c2ccc(S(=O)(=O)CC3CCCN(C(=O)CCOCCOCCOCCOCCOCCCc4cccc5c4C(=O)N(C4CCC(=O)NC4=O)C5=O)C3)cc2F)cc1-c1ccc2c(c1)CCNC2=O. The number of hydrogen-bond acceptors (Lipinski definition) is 15. The van der Waals surface area contributed by atoms with E-state index >= 15 is 4.39 Å². The van der Waals surface area contributed by atoms with Crippen LogP contribution in [-0.2, 0) is 60.7 Å². The molecule has 4 aliphatic heterocycles. The zero-order valence-electron chi connectivity index (χ0n) is 41.1. The van der Waals surface area contributed by atoms with Gasteiger partial charge in [-0.2, -0.15) is 0 Å². The molecule has 4 aromatic rings. The number of likely N-dealkylation sites (tertiary alicyclic amines) is 1. The van der Waals surface area contributed by atoms with E-state index in [2.05, 4.69) is 15.6 Å². The molecule has 2 fully saturated rings. The number of hydrogen-bond donors (Lipinski definition) is 3. The lowest BCUT2D eigenvalue weighted by atomic mass is 9.94. The van der Waals surface area contributed by atoms with Crippen LogP contribution in [0, 0.1) is 11.7 Å². The van der Waals surface area contributed by atoms with Crippen LogP contribution in [0.25, 0.3) is 22.3 Å². The molecule has 6 amide bonds. The van der Waals surface area contributed by atoms with Gasteiger partial charge in [-0.1, -0.05) is 30.3 Å². The highest BCUT2D eigenvalue weighted by Gasteiger charge is 2.45. The first kappa shape index (κ1) is 53.8. The molecule has 394 valence electrons. The molecule has 74 heavy (non-hydrogen) atoms. The summed E-state index contributed by atoms with van der Waals surface area (Å²) in [7, 11) is -3.89. The number of nitrogen functional groups attached to an aromatic ring is 1. The molecule has 0 bridgehead atoms. The van der Waals surface area contributed by atoms with Gasteiger partial charge in [0.25, 0.3) is 17.7 Å².